The van der Waals surface area contributed by atoms with E-state index in [4.69, 9.17) is 27.6 Å². The summed E-state index contributed by atoms with van der Waals surface area (Å²) in [4.78, 5) is 28.7. The largest absolute Gasteiger partial charge is 0.501 e. The van der Waals surface area contributed by atoms with Crippen molar-refractivity contribution in [2.45, 2.75) is 6.54 Å². The summed E-state index contributed by atoms with van der Waals surface area (Å²) in [5.41, 5.74) is -0.451. The number of carbonyl (C=O) groups is 1. The van der Waals surface area contributed by atoms with E-state index in [0.29, 0.717) is 21.4 Å². The molecule has 2 aromatic heterocycles. The van der Waals surface area contributed by atoms with Gasteiger partial charge in [-0.2, -0.15) is 0 Å². The molecular formula is C17H13Cl2N3O4. The van der Waals surface area contributed by atoms with Crippen molar-refractivity contribution in [3.63, 3.8) is 0 Å². The standard InChI is InChI=1S/C17H13Cl2N3O4/c1-22-15(12-3-2-6-26-12)21-13(14(23)17(22)25)16(24)20-8-9-4-5-10(18)11(19)7-9/h2-7,23H,8H2,1H3,(H,20,24). The molecule has 3 aromatic rings. The number of carbonyl (C=O) groups excluding carboxylic acids is 1. The number of halogens is 2. The third-order valence-electron chi connectivity index (χ3n) is 3.66. The highest BCUT2D eigenvalue weighted by Gasteiger charge is 2.21. The first kappa shape index (κ1) is 18.0. The van der Waals surface area contributed by atoms with Gasteiger partial charge in [0.05, 0.1) is 16.3 Å². The van der Waals surface area contributed by atoms with Gasteiger partial charge >= 0.3 is 0 Å². The maximum atomic E-state index is 12.4. The van der Waals surface area contributed by atoms with Gasteiger partial charge in [0.1, 0.15) is 0 Å². The normalized spacial score (nSPS) is 10.7. The summed E-state index contributed by atoms with van der Waals surface area (Å²) in [6, 6.07) is 8.12. The first-order valence-electron chi connectivity index (χ1n) is 7.44. The van der Waals surface area contributed by atoms with E-state index >= 15 is 0 Å². The average molecular weight is 394 g/mol. The number of nitrogens with one attached hydrogen (secondary N) is 1. The first-order valence-corrected chi connectivity index (χ1v) is 8.20. The highest BCUT2D eigenvalue weighted by Crippen LogP contribution is 2.23. The van der Waals surface area contributed by atoms with Crippen LogP contribution in [0.1, 0.15) is 16.1 Å². The van der Waals surface area contributed by atoms with Gasteiger partial charge in [-0.25, -0.2) is 4.98 Å². The Hall–Kier alpha value is -2.77. The molecule has 134 valence electrons. The molecule has 2 N–H and O–H groups in total. The predicted molar refractivity (Wildman–Crippen MR) is 96.5 cm³/mol. The van der Waals surface area contributed by atoms with Crippen molar-refractivity contribution in [3.05, 3.63) is 68.3 Å². The average Bonchev–Trinajstić information content (AvgIpc) is 3.15. The maximum Gasteiger partial charge on any atom is 0.296 e. The molecule has 0 spiro atoms. The van der Waals surface area contributed by atoms with Crippen LogP contribution in [-0.4, -0.2) is 20.6 Å². The molecule has 0 fully saturated rings. The summed E-state index contributed by atoms with van der Waals surface area (Å²) in [7, 11) is 1.42. The quantitative estimate of drug-likeness (QED) is 0.709. The molecular weight excluding hydrogens is 381 g/mol. The van der Waals surface area contributed by atoms with Crippen LogP contribution in [0.4, 0.5) is 0 Å². The van der Waals surface area contributed by atoms with Crippen molar-refractivity contribution in [1.29, 1.82) is 0 Å². The van der Waals surface area contributed by atoms with Crippen LogP contribution >= 0.6 is 23.2 Å². The molecule has 0 aliphatic heterocycles. The predicted octanol–water partition coefficient (Wildman–Crippen LogP) is 2.98. The molecule has 1 aromatic carbocycles. The van der Waals surface area contributed by atoms with Gasteiger partial charge in [-0.1, -0.05) is 29.3 Å². The lowest BCUT2D eigenvalue weighted by Gasteiger charge is -2.10. The van der Waals surface area contributed by atoms with Crippen molar-refractivity contribution in [1.82, 2.24) is 14.9 Å². The Morgan fingerprint density at radius 2 is 2.08 bits per heavy atom. The van der Waals surface area contributed by atoms with Crippen LogP contribution in [0.15, 0.2) is 45.8 Å². The lowest BCUT2D eigenvalue weighted by molar-refractivity contribution is 0.0942. The van der Waals surface area contributed by atoms with Crippen molar-refractivity contribution in [2.24, 2.45) is 7.05 Å². The van der Waals surface area contributed by atoms with E-state index < -0.39 is 17.2 Å². The second kappa shape index (κ2) is 7.23. The fourth-order valence-corrected chi connectivity index (χ4v) is 2.61. The SMILES string of the molecule is Cn1c(-c2ccco2)nc(C(=O)NCc2ccc(Cl)c(Cl)c2)c(O)c1=O. The van der Waals surface area contributed by atoms with Crippen LogP contribution in [0, 0.1) is 0 Å². The summed E-state index contributed by atoms with van der Waals surface area (Å²) in [5.74, 6) is -1.03. The summed E-state index contributed by atoms with van der Waals surface area (Å²) < 4.78 is 6.32. The topological polar surface area (TPSA) is 97.4 Å². The van der Waals surface area contributed by atoms with Crippen molar-refractivity contribution >= 4 is 29.1 Å². The van der Waals surface area contributed by atoms with E-state index in [1.807, 2.05) is 0 Å². The van der Waals surface area contributed by atoms with Crippen LogP contribution in [0.5, 0.6) is 5.75 Å². The number of hydrogen-bond donors (Lipinski definition) is 2. The minimum absolute atomic E-state index is 0.113. The number of rotatable bonds is 4. The maximum absolute atomic E-state index is 12.4. The van der Waals surface area contributed by atoms with E-state index in [-0.39, 0.29) is 18.1 Å². The van der Waals surface area contributed by atoms with Gasteiger partial charge in [0, 0.05) is 13.6 Å². The molecule has 0 unspecified atom stereocenters. The van der Waals surface area contributed by atoms with Gasteiger partial charge in [0.25, 0.3) is 11.5 Å². The van der Waals surface area contributed by atoms with Crippen LogP contribution < -0.4 is 10.9 Å². The number of benzene rings is 1. The number of amides is 1. The van der Waals surface area contributed by atoms with Crippen LogP contribution in [-0.2, 0) is 13.6 Å². The zero-order chi connectivity index (χ0) is 18.8. The minimum Gasteiger partial charge on any atom is -0.501 e. The monoisotopic (exact) mass is 393 g/mol. The molecule has 9 heteroatoms. The first-order chi connectivity index (χ1) is 12.4. The summed E-state index contributed by atoms with van der Waals surface area (Å²) in [5, 5.41) is 13.4. The summed E-state index contributed by atoms with van der Waals surface area (Å²) >= 11 is 11.8. The van der Waals surface area contributed by atoms with E-state index in [1.165, 1.54) is 13.3 Å². The zero-order valence-electron chi connectivity index (χ0n) is 13.5. The molecule has 2 heterocycles. The molecule has 0 radical (unpaired) electrons. The van der Waals surface area contributed by atoms with E-state index in [9.17, 15) is 14.7 Å². The van der Waals surface area contributed by atoms with Crippen LogP contribution in [0.2, 0.25) is 10.0 Å². The molecule has 0 aliphatic carbocycles. The summed E-state index contributed by atoms with van der Waals surface area (Å²) in [6.07, 6.45) is 1.42. The minimum atomic E-state index is -0.758. The molecule has 0 bridgehead atoms. The molecule has 0 saturated carbocycles. The van der Waals surface area contributed by atoms with Crippen LogP contribution in [0.25, 0.3) is 11.6 Å². The molecule has 1 amide bonds. The molecule has 7 nitrogen and oxygen atoms in total. The Morgan fingerprint density at radius 1 is 1.31 bits per heavy atom. The van der Waals surface area contributed by atoms with Crippen molar-refractivity contribution < 1.29 is 14.3 Å². The third-order valence-corrected chi connectivity index (χ3v) is 4.40. The second-order valence-electron chi connectivity index (χ2n) is 5.41. The van der Waals surface area contributed by atoms with Gasteiger partial charge in [-0.15, -0.1) is 0 Å². The van der Waals surface area contributed by atoms with Crippen LogP contribution in [0.3, 0.4) is 0 Å². The summed E-state index contributed by atoms with van der Waals surface area (Å²) in [6.45, 7) is 0.113. The zero-order valence-corrected chi connectivity index (χ0v) is 15.0. The smallest absolute Gasteiger partial charge is 0.296 e. The Labute approximate surface area is 157 Å². The molecule has 26 heavy (non-hydrogen) atoms. The molecule has 0 saturated heterocycles. The Balaban J connectivity index is 1.89. The Kier molecular flexibility index (Phi) is 5.01. The van der Waals surface area contributed by atoms with Gasteiger partial charge < -0.3 is 14.8 Å². The Bertz CT molecular complexity index is 1030. The number of aromatic hydroxyl groups is 1. The number of furan rings is 1. The van der Waals surface area contributed by atoms with Gasteiger partial charge in [-0.05, 0) is 29.8 Å². The highest BCUT2D eigenvalue weighted by atomic mass is 35.5. The van der Waals surface area contributed by atoms with Crippen molar-refractivity contribution in [2.75, 3.05) is 0 Å². The fraction of sp³-hybridized carbons (Fsp3) is 0.118. The molecule has 0 atom stereocenters. The van der Waals surface area contributed by atoms with Gasteiger partial charge in [0.15, 0.2) is 17.3 Å². The lowest BCUT2D eigenvalue weighted by atomic mass is 10.2. The number of hydrogen-bond acceptors (Lipinski definition) is 5. The van der Waals surface area contributed by atoms with E-state index in [1.54, 1.807) is 30.3 Å². The lowest BCUT2D eigenvalue weighted by Crippen LogP contribution is -2.29. The van der Waals surface area contributed by atoms with Gasteiger partial charge in [-0.3, -0.25) is 14.2 Å². The molecule has 3 rings (SSSR count). The van der Waals surface area contributed by atoms with E-state index in [2.05, 4.69) is 10.3 Å². The second-order valence-corrected chi connectivity index (χ2v) is 6.22. The van der Waals surface area contributed by atoms with E-state index in [0.717, 1.165) is 4.57 Å². The van der Waals surface area contributed by atoms with Crippen molar-refractivity contribution in [3.8, 4) is 17.3 Å². The Morgan fingerprint density at radius 3 is 2.73 bits per heavy atom. The van der Waals surface area contributed by atoms with Gasteiger partial charge in [0.2, 0.25) is 5.75 Å². The number of aromatic nitrogens is 2. The fourth-order valence-electron chi connectivity index (χ4n) is 2.29. The molecule has 0 aliphatic rings. The highest BCUT2D eigenvalue weighted by molar-refractivity contribution is 6.42. The third kappa shape index (κ3) is 3.44. The number of nitrogens with zero attached hydrogens (tertiary/aromatic N) is 2.